The zero-order valence-corrected chi connectivity index (χ0v) is 26.0. The Labute approximate surface area is 266 Å². The van der Waals surface area contributed by atoms with Crippen LogP contribution in [-0.4, -0.2) is 31.2 Å². The van der Waals surface area contributed by atoms with Gasteiger partial charge in [0.2, 0.25) is 0 Å². The minimum absolute atomic E-state index is 0. The summed E-state index contributed by atoms with van der Waals surface area (Å²) in [6, 6.07) is 15.4. The standard InChI is InChI=1S/C7H9NO3.C5H3ClN2O3.C5H4ClNO.C5H4ClN.CH3O.Na/c1-10-6-3-4-8(9)7(5-6)11-2;6-5-3-4(8(10)11)1-2-7(5)9;6-5-3-1-2-4-7(5)8;6-5-3-1-2-4-7-5;1-2;/h3-5H,1-2H3;1-3H;1-4H;1-4H;1H3;/q;;;;-1;+1. The fourth-order valence-corrected chi connectivity index (χ4v) is 2.46. The molecule has 0 N–H and O–H groups in total. The summed E-state index contributed by atoms with van der Waals surface area (Å²) in [5.41, 5.74) is -0.192. The van der Waals surface area contributed by atoms with Crippen molar-refractivity contribution in [3.05, 3.63) is 127 Å². The molecule has 4 aromatic rings. The van der Waals surface area contributed by atoms with Gasteiger partial charge in [-0.25, -0.2) is 4.98 Å². The van der Waals surface area contributed by atoms with Crippen molar-refractivity contribution in [3.8, 4) is 11.6 Å². The van der Waals surface area contributed by atoms with Crippen LogP contribution in [0.25, 0.3) is 0 Å². The Bertz CT molecular complexity index is 1260. The molecule has 0 unspecified atom stereocenters. The van der Waals surface area contributed by atoms with Crippen LogP contribution in [-0.2, 0) is 0 Å². The zero-order chi connectivity index (χ0) is 29.8. The van der Waals surface area contributed by atoms with E-state index in [0.717, 1.165) is 25.4 Å². The minimum Gasteiger partial charge on any atom is -0.857 e. The molecule has 0 amide bonds. The summed E-state index contributed by atoms with van der Waals surface area (Å²) in [5, 5.41) is 50.7. The van der Waals surface area contributed by atoms with Gasteiger partial charge in [0.25, 0.3) is 16.0 Å². The third kappa shape index (κ3) is 16.1. The summed E-state index contributed by atoms with van der Waals surface area (Å²) in [5.74, 6) is 0.832. The Morgan fingerprint density at radius 1 is 0.775 bits per heavy atom. The van der Waals surface area contributed by atoms with E-state index >= 15 is 0 Å². The largest absolute Gasteiger partial charge is 1.00 e. The van der Waals surface area contributed by atoms with Crippen LogP contribution in [0, 0.1) is 25.7 Å². The molecular weight excluding hydrogens is 604 g/mol. The number of hydrogen-bond donors (Lipinski definition) is 0. The van der Waals surface area contributed by atoms with Crippen molar-refractivity contribution >= 4 is 40.5 Å². The maximum absolute atomic E-state index is 10.9. The first-order valence-electron chi connectivity index (χ1n) is 10.2. The van der Waals surface area contributed by atoms with Gasteiger partial charge in [0.05, 0.1) is 31.3 Å². The van der Waals surface area contributed by atoms with Gasteiger partial charge in [-0.3, -0.25) is 10.1 Å². The summed E-state index contributed by atoms with van der Waals surface area (Å²) in [4.78, 5) is 13.2. The van der Waals surface area contributed by atoms with Gasteiger partial charge in [0.1, 0.15) is 17.0 Å². The van der Waals surface area contributed by atoms with Crippen molar-refractivity contribution in [3.63, 3.8) is 0 Å². The first-order valence-corrected chi connectivity index (χ1v) is 11.4. The molecule has 0 saturated heterocycles. The molecule has 0 spiro atoms. The Balaban J connectivity index is 0. The van der Waals surface area contributed by atoms with E-state index in [2.05, 4.69) is 4.98 Å². The minimum atomic E-state index is -0.619. The quantitative estimate of drug-likeness (QED) is 0.0750. The molecule has 0 radical (unpaired) electrons. The Hall–Kier alpha value is -3.17. The second kappa shape index (κ2) is 22.6. The van der Waals surface area contributed by atoms with E-state index < -0.39 is 4.92 Å². The average Bonchev–Trinajstić information content (AvgIpc) is 2.95. The summed E-state index contributed by atoms with van der Waals surface area (Å²) in [6.07, 6.45) is 5.32. The Morgan fingerprint density at radius 3 is 1.77 bits per heavy atom. The van der Waals surface area contributed by atoms with Crippen LogP contribution in [0.15, 0.2) is 85.5 Å². The van der Waals surface area contributed by atoms with Crippen LogP contribution < -0.4 is 58.3 Å². The monoisotopic (exact) mass is 625 g/mol. The van der Waals surface area contributed by atoms with E-state index in [1.807, 2.05) is 12.1 Å². The molecule has 0 aliphatic carbocycles. The third-order valence-electron chi connectivity index (χ3n) is 3.78. The van der Waals surface area contributed by atoms with Gasteiger partial charge in [-0.2, -0.15) is 16.6 Å². The molecule has 0 atom stereocenters. The van der Waals surface area contributed by atoms with E-state index in [0.29, 0.717) is 25.1 Å². The molecule has 4 heterocycles. The number of aromatic nitrogens is 4. The smallest absolute Gasteiger partial charge is 0.857 e. The van der Waals surface area contributed by atoms with E-state index in [1.165, 1.54) is 38.7 Å². The number of hydrogen-bond acceptors (Lipinski definition) is 9. The summed E-state index contributed by atoms with van der Waals surface area (Å²) in [7, 11) is 3.72. The molecule has 0 bridgehead atoms. The second-order valence-electron chi connectivity index (χ2n) is 6.23. The number of halogens is 3. The molecular formula is C23H23Cl3N5NaO8. The van der Waals surface area contributed by atoms with Gasteiger partial charge >= 0.3 is 35.4 Å². The van der Waals surface area contributed by atoms with Crippen molar-refractivity contribution in [1.82, 2.24) is 4.98 Å². The predicted octanol–water partition coefficient (Wildman–Crippen LogP) is -0.0923. The van der Waals surface area contributed by atoms with E-state index in [-0.39, 0.29) is 51.4 Å². The molecule has 13 nitrogen and oxygen atoms in total. The van der Waals surface area contributed by atoms with Crippen LogP contribution in [0.2, 0.25) is 15.5 Å². The fourth-order valence-electron chi connectivity index (χ4n) is 2.04. The van der Waals surface area contributed by atoms with E-state index in [4.69, 9.17) is 49.4 Å². The van der Waals surface area contributed by atoms with Crippen LogP contribution in [0.5, 0.6) is 11.6 Å². The summed E-state index contributed by atoms with van der Waals surface area (Å²) < 4.78 is 11.2. The third-order valence-corrected chi connectivity index (χ3v) is 4.57. The maximum atomic E-state index is 10.9. The molecule has 0 fully saturated rings. The number of nitrogens with zero attached hydrogens (tertiary/aromatic N) is 5. The van der Waals surface area contributed by atoms with Gasteiger partial charge in [0, 0.05) is 24.4 Å². The number of methoxy groups -OCH3 is 2. The molecule has 4 rings (SSSR count). The van der Waals surface area contributed by atoms with Crippen molar-refractivity contribution < 1.29 is 63.3 Å². The predicted molar refractivity (Wildman–Crippen MR) is 141 cm³/mol. The van der Waals surface area contributed by atoms with Crippen LogP contribution in [0.3, 0.4) is 0 Å². The number of nitro groups is 1. The first-order chi connectivity index (χ1) is 18.6. The molecule has 17 heteroatoms. The van der Waals surface area contributed by atoms with Gasteiger partial charge in [0.15, 0.2) is 18.6 Å². The van der Waals surface area contributed by atoms with Crippen LogP contribution in [0.4, 0.5) is 5.69 Å². The maximum Gasteiger partial charge on any atom is 1.00 e. The van der Waals surface area contributed by atoms with Gasteiger partial charge < -0.3 is 30.2 Å². The average molecular weight is 627 g/mol. The molecule has 0 aromatic carbocycles. The molecule has 0 aliphatic rings. The van der Waals surface area contributed by atoms with Crippen LogP contribution in [0.1, 0.15) is 0 Å². The molecule has 4 aromatic heterocycles. The second-order valence-corrected chi connectivity index (χ2v) is 7.39. The Kier molecular flexibility index (Phi) is 22.0. The van der Waals surface area contributed by atoms with Crippen molar-refractivity contribution in [1.29, 1.82) is 0 Å². The summed E-state index contributed by atoms with van der Waals surface area (Å²) >= 11 is 16.1. The first kappa shape index (κ1) is 39.0. The molecule has 0 aliphatic heterocycles. The number of rotatable bonds is 3. The van der Waals surface area contributed by atoms with Crippen molar-refractivity contribution in [2.24, 2.45) is 0 Å². The number of pyridine rings is 4. The molecule has 210 valence electrons. The fraction of sp³-hybridized carbons (Fsp3) is 0.130. The van der Waals surface area contributed by atoms with Gasteiger partial charge in [-0.05, 0) is 41.4 Å². The van der Waals surface area contributed by atoms with Crippen molar-refractivity contribution in [2.45, 2.75) is 0 Å². The summed E-state index contributed by atoms with van der Waals surface area (Å²) in [6.45, 7) is 0. The normalized spacial score (nSPS) is 8.68. The van der Waals surface area contributed by atoms with Crippen LogP contribution >= 0.6 is 34.8 Å². The van der Waals surface area contributed by atoms with Gasteiger partial charge in [-0.1, -0.05) is 17.7 Å². The van der Waals surface area contributed by atoms with E-state index in [1.54, 1.807) is 30.5 Å². The topological polar surface area (TPSA) is 178 Å². The van der Waals surface area contributed by atoms with E-state index in [9.17, 15) is 25.7 Å². The SMILES string of the molecule is COc1cc[n+]([O-])c(OC)c1.C[O-].Clc1ccccn1.O=[N+]([O-])c1cc[n+]([O-])c(Cl)c1.[Na+].[O-][n+]1ccccc1Cl. The molecule has 40 heavy (non-hydrogen) atoms. The van der Waals surface area contributed by atoms with Crippen molar-refractivity contribution in [2.75, 3.05) is 21.3 Å². The van der Waals surface area contributed by atoms with Gasteiger partial charge in [-0.15, -0.1) is 4.73 Å². The zero-order valence-electron chi connectivity index (χ0n) is 21.7. The Morgan fingerprint density at radius 2 is 1.38 bits per heavy atom. The molecule has 0 saturated carbocycles. The number of ether oxygens (including phenoxy) is 2.